The van der Waals surface area contributed by atoms with Crippen molar-refractivity contribution in [2.45, 2.75) is 25.9 Å². The van der Waals surface area contributed by atoms with Gasteiger partial charge in [0.25, 0.3) is 0 Å². The summed E-state index contributed by atoms with van der Waals surface area (Å²) in [6, 6.07) is 16.3. The zero-order valence-electron chi connectivity index (χ0n) is 16.4. The molecule has 2 aromatic heterocycles. The molecule has 0 bridgehead atoms. The highest BCUT2D eigenvalue weighted by atomic mass is 16.4. The molecule has 6 heteroatoms. The molecule has 0 aliphatic carbocycles. The molecule has 5 rings (SSSR count). The van der Waals surface area contributed by atoms with Crippen molar-refractivity contribution in [3.8, 4) is 11.3 Å². The maximum Gasteiger partial charge on any atom is 0.345 e. The van der Waals surface area contributed by atoms with E-state index in [1.165, 1.54) is 0 Å². The van der Waals surface area contributed by atoms with Crippen LogP contribution in [0.3, 0.4) is 0 Å². The number of hydrogen-bond acceptors (Lipinski definition) is 6. The Kier molecular flexibility index (Phi) is 4.28. The van der Waals surface area contributed by atoms with Crippen LogP contribution in [0.1, 0.15) is 13.8 Å². The van der Waals surface area contributed by atoms with E-state index in [2.05, 4.69) is 40.1 Å². The lowest BCUT2D eigenvalue weighted by atomic mass is 10.1. The van der Waals surface area contributed by atoms with Gasteiger partial charge in [-0.3, -0.25) is 4.98 Å². The number of para-hydroxylation sites is 2. The third kappa shape index (κ3) is 3.36. The number of aromatic nitrogens is 2. The molecule has 1 unspecified atom stereocenters. The molecule has 0 radical (unpaired) electrons. The van der Waals surface area contributed by atoms with Crippen molar-refractivity contribution in [1.29, 1.82) is 0 Å². The van der Waals surface area contributed by atoms with E-state index in [1.54, 1.807) is 6.20 Å². The van der Waals surface area contributed by atoms with E-state index < -0.39 is 5.63 Å². The first-order valence-electron chi connectivity index (χ1n) is 9.88. The van der Waals surface area contributed by atoms with Gasteiger partial charge in [0.15, 0.2) is 0 Å². The quantitative estimate of drug-likeness (QED) is 0.531. The van der Waals surface area contributed by atoms with Crippen LogP contribution in [0.2, 0.25) is 0 Å². The first-order chi connectivity index (χ1) is 14.1. The minimum atomic E-state index is -0.402. The maximum absolute atomic E-state index is 12.7. The van der Waals surface area contributed by atoms with Gasteiger partial charge in [-0.15, -0.1) is 0 Å². The maximum atomic E-state index is 12.7. The summed E-state index contributed by atoms with van der Waals surface area (Å²) in [6.07, 6.45) is 1.62. The molecule has 1 fully saturated rings. The van der Waals surface area contributed by atoms with Gasteiger partial charge in [0.05, 0.1) is 28.5 Å². The van der Waals surface area contributed by atoms with Gasteiger partial charge in [0.1, 0.15) is 5.58 Å². The topological polar surface area (TPSA) is 71.3 Å². The average Bonchev–Trinajstić information content (AvgIpc) is 2.72. The average molecular weight is 386 g/mol. The van der Waals surface area contributed by atoms with Crippen molar-refractivity contribution in [1.82, 2.24) is 15.3 Å². The second-order valence-corrected chi connectivity index (χ2v) is 7.79. The van der Waals surface area contributed by atoms with E-state index in [9.17, 15) is 4.79 Å². The molecule has 0 saturated carbocycles. The monoisotopic (exact) mass is 386 g/mol. The molecule has 6 nitrogen and oxygen atoms in total. The molecule has 1 aliphatic rings. The molecule has 4 aromatic rings. The highest BCUT2D eigenvalue weighted by Crippen LogP contribution is 2.26. The highest BCUT2D eigenvalue weighted by molar-refractivity contribution is 5.85. The summed E-state index contributed by atoms with van der Waals surface area (Å²) in [5.74, 6) is 0. The number of piperazine rings is 1. The van der Waals surface area contributed by atoms with Crippen LogP contribution in [0, 0.1) is 0 Å². The minimum Gasteiger partial charge on any atom is -0.422 e. The molecule has 1 aliphatic heterocycles. The largest absolute Gasteiger partial charge is 0.422 e. The summed E-state index contributed by atoms with van der Waals surface area (Å²) in [7, 11) is 0. The Morgan fingerprint density at radius 2 is 1.79 bits per heavy atom. The van der Waals surface area contributed by atoms with Gasteiger partial charge >= 0.3 is 5.63 Å². The molecule has 1 N–H and O–H groups in total. The molecule has 3 heterocycles. The summed E-state index contributed by atoms with van der Waals surface area (Å²) in [6.45, 7) is 6.21. The van der Waals surface area contributed by atoms with E-state index in [1.807, 2.05) is 42.5 Å². The van der Waals surface area contributed by atoms with Crippen molar-refractivity contribution in [2.24, 2.45) is 0 Å². The van der Waals surface area contributed by atoms with Crippen molar-refractivity contribution in [3.63, 3.8) is 0 Å². The normalized spacial score (nSPS) is 19.7. The summed E-state index contributed by atoms with van der Waals surface area (Å²) in [5.41, 5.74) is 3.75. The van der Waals surface area contributed by atoms with Crippen molar-refractivity contribution in [3.05, 3.63) is 65.1 Å². The number of anilines is 1. The summed E-state index contributed by atoms with van der Waals surface area (Å²) >= 11 is 0. The van der Waals surface area contributed by atoms with Gasteiger partial charge < -0.3 is 14.6 Å². The summed E-state index contributed by atoms with van der Waals surface area (Å²) < 4.78 is 5.68. The first-order valence-corrected chi connectivity index (χ1v) is 9.88. The lowest BCUT2D eigenvalue weighted by Gasteiger charge is -2.37. The molecule has 0 amide bonds. The standard InChI is InChI=1S/C23H22N4O2/c1-14-12-27(13-15(2)25-14)17-8-7-16-9-18(23(28)29-22(16)10-17)21-11-24-19-5-3-4-6-20(19)26-21/h3-11,14-15,25H,12-13H2,1-2H3/t14-,15?/m0/s1. The van der Waals surface area contributed by atoms with Gasteiger partial charge in [-0.2, -0.15) is 0 Å². The number of nitrogens with zero attached hydrogens (tertiary/aromatic N) is 3. The third-order valence-corrected chi connectivity index (χ3v) is 5.37. The van der Waals surface area contributed by atoms with E-state index in [0.717, 1.165) is 35.2 Å². The smallest absolute Gasteiger partial charge is 0.345 e. The SMILES string of the molecule is CC1CN(c2ccc3cc(-c4cnc5ccccc5n4)c(=O)oc3c2)C[C@H](C)N1. The van der Waals surface area contributed by atoms with Crippen molar-refractivity contribution >= 4 is 27.7 Å². The fourth-order valence-corrected chi connectivity index (χ4v) is 4.10. The summed E-state index contributed by atoms with van der Waals surface area (Å²) in [5, 5.41) is 4.41. The molecular weight excluding hydrogens is 364 g/mol. The van der Waals surface area contributed by atoms with Crippen LogP contribution in [0.4, 0.5) is 5.69 Å². The lowest BCUT2D eigenvalue weighted by Crippen LogP contribution is -2.54. The first kappa shape index (κ1) is 17.8. The number of benzene rings is 2. The Hall–Kier alpha value is -3.25. The molecule has 29 heavy (non-hydrogen) atoms. The van der Waals surface area contributed by atoms with Crippen LogP contribution < -0.4 is 15.8 Å². The van der Waals surface area contributed by atoms with E-state index in [-0.39, 0.29) is 0 Å². The van der Waals surface area contributed by atoms with Crippen LogP contribution >= 0.6 is 0 Å². The third-order valence-electron chi connectivity index (χ3n) is 5.37. The number of rotatable bonds is 2. The number of hydrogen-bond donors (Lipinski definition) is 1. The second kappa shape index (κ2) is 6.97. The van der Waals surface area contributed by atoms with Gasteiger partial charge in [-0.25, -0.2) is 9.78 Å². The molecular formula is C23H22N4O2. The molecule has 2 atom stereocenters. The Labute approximate surface area is 168 Å². The van der Waals surface area contributed by atoms with E-state index in [0.29, 0.717) is 28.9 Å². The van der Waals surface area contributed by atoms with Crippen molar-refractivity contribution in [2.75, 3.05) is 18.0 Å². The minimum absolute atomic E-state index is 0.402. The van der Waals surface area contributed by atoms with Crippen LogP contribution in [-0.2, 0) is 0 Å². The fraction of sp³-hybridized carbons (Fsp3) is 0.261. The van der Waals surface area contributed by atoms with E-state index >= 15 is 0 Å². The molecule has 0 spiro atoms. The highest BCUT2D eigenvalue weighted by Gasteiger charge is 2.21. The zero-order valence-corrected chi connectivity index (χ0v) is 16.4. The number of fused-ring (bicyclic) bond motifs is 2. The van der Waals surface area contributed by atoms with Gasteiger partial charge in [-0.1, -0.05) is 12.1 Å². The van der Waals surface area contributed by atoms with Gasteiger partial charge in [0.2, 0.25) is 0 Å². The lowest BCUT2D eigenvalue weighted by molar-refractivity contribution is 0.407. The van der Waals surface area contributed by atoms with Gasteiger partial charge in [0, 0.05) is 42.3 Å². The summed E-state index contributed by atoms with van der Waals surface area (Å²) in [4.78, 5) is 24.0. The van der Waals surface area contributed by atoms with Gasteiger partial charge in [-0.05, 0) is 44.2 Å². The van der Waals surface area contributed by atoms with Crippen LogP contribution in [-0.4, -0.2) is 35.1 Å². The van der Waals surface area contributed by atoms with Crippen LogP contribution in [0.25, 0.3) is 33.3 Å². The van der Waals surface area contributed by atoms with Crippen LogP contribution in [0.5, 0.6) is 0 Å². The Morgan fingerprint density at radius 3 is 2.59 bits per heavy atom. The zero-order chi connectivity index (χ0) is 20.0. The fourth-order valence-electron chi connectivity index (χ4n) is 4.10. The van der Waals surface area contributed by atoms with Crippen LogP contribution in [0.15, 0.2) is 63.9 Å². The molecule has 146 valence electrons. The predicted molar refractivity (Wildman–Crippen MR) is 115 cm³/mol. The second-order valence-electron chi connectivity index (χ2n) is 7.79. The van der Waals surface area contributed by atoms with Crippen molar-refractivity contribution < 1.29 is 4.42 Å². The molecule has 1 saturated heterocycles. The Balaban J connectivity index is 1.55. The Morgan fingerprint density at radius 1 is 1.03 bits per heavy atom. The predicted octanol–water partition coefficient (Wildman–Crippen LogP) is 3.59. The van der Waals surface area contributed by atoms with E-state index in [4.69, 9.17) is 4.42 Å². The number of nitrogens with one attached hydrogen (secondary N) is 1. The molecule has 2 aromatic carbocycles. The Bertz CT molecular complexity index is 1260.